The van der Waals surface area contributed by atoms with Crippen molar-refractivity contribution in [3.8, 4) is 5.69 Å². The van der Waals surface area contributed by atoms with Crippen LogP contribution in [0.3, 0.4) is 0 Å². The van der Waals surface area contributed by atoms with Crippen LogP contribution in [-0.2, 0) is 11.0 Å². The van der Waals surface area contributed by atoms with E-state index in [0.29, 0.717) is 16.5 Å². The standard InChI is InChI=1S/C21H18F3N5OS/c1-2-3-9-17-27-29-18(25)16(19(30)26-20(29)31-17)12-15-8-5-10-28(15)14-7-4-6-13(11-14)21(22,23)24/h4-8,10-12,25H,2-3,9H2,1H3/b16-12-,25-18?. The summed E-state index contributed by atoms with van der Waals surface area (Å²) in [5, 5.41) is 15.3. The number of thioether (sulfide) groups is 1. The first-order valence-electron chi connectivity index (χ1n) is 9.62. The molecule has 0 bridgehead atoms. The third kappa shape index (κ3) is 4.20. The summed E-state index contributed by atoms with van der Waals surface area (Å²) >= 11 is 1.28. The fourth-order valence-corrected chi connectivity index (χ4v) is 4.11. The molecule has 1 aromatic carbocycles. The number of rotatable bonds is 5. The van der Waals surface area contributed by atoms with Crippen molar-refractivity contribution in [2.45, 2.75) is 32.4 Å². The number of carbonyl (C=O) groups is 1. The lowest BCUT2D eigenvalue weighted by molar-refractivity contribution is -0.137. The molecule has 0 saturated heterocycles. The molecule has 2 aliphatic heterocycles. The Hall–Kier alpha value is -3.14. The normalized spacial score (nSPS) is 17.8. The lowest BCUT2D eigenvalue weighted by Gasteiger charge is -2.20. The molecule has 2 aliphatic rings. The molecule has 4 rings (SSSR count). The Balaban J connectivity index is 1.67. The zero-order chi connectivity index (χ0) is 22.2. The first kappa shape index (κ1) is 21.1. The van der Waals surface area contributed by atoms with Gasteiger partial charge in [0.2, 0.25) is 5.17 Å². The molecular formula is C21H18F3N5OS. The van der Waals surface area contributed by atoms with Gasteiger partial charge in [0.25, 0.3) is 5.91 Å². The van der Waals surface area contributed by atoms with Crippen LogP contribution in [0, 0.1) is 5.41 Å². The molecule has 3 heterocycles. The minimum Gasteiger partial charge on any atom is -0.317 e. The monoisotopic (exact) mass is 445 g/mol. The highest BCUT2D eigenvalue weighted by Crippen LogP contribution is 2.32. The predicted molar refractivity (Wildman–Crippen MR) is 115 cm³/mol. The van der Waals surface area contributed by atoms with Crippen LogP contribution in [0.4, 0.5) is 13.2 Å². The number of nitrogens with one attached hydrogen (secondary N) is 1. The van der Waals surface area contributed by atoms with E-state index in [1.54, 1.807) is 24.4 Å². The lowest BCUT2D eigenvalue weighted by atomic mass is 10.1. The summed E-state index contributed by atoms with van der Waals surface area (Å²) in [6.45, 7) is 2.07. The molecule has 0 saturated carbocycles. The number of amidine groups is 2. The number of nitrogens with zero attached hydrogens (tertiary/aromatic N) is 4. The molecule has 2 aromatic rings. The third-order valence-corrected chi connectivity index (χ3v) is 5.73. The van der Waals surface area contributed by atoms with Gasteiger partial charge in [-0.3, -0.25) is 10.2 Å². The second-order valence-corrected chi connectivity index (χ2v) is 8.01. The van der Waals surface area contributed by atoms with E-state index in [1.165, 1.54) is 33.5 Å². The summed E-state index contributed by atoms with van der Waals surface area (Å²) in [6, 6.07) is 8.22. The molecule has 0 spiro atoms. The third-order valence-electron chi connectivity index (χ3n) is 4.76. The number of amides is 1. The predicted octanol–water partition coefficient (Wildman–Crippen LogP) is 5.31. The van der Waals surface area contributed by atoms with Crippen molar-refractivity contribution in [3.63, 3.8) is 0 Å². The largest absolute Gasteiger partial charge is 0.416 e. The minimum atomic E-state index is -4.46. The number of halogens is 3. The maximum absolute atomic E-state index is 13.1. The Kier molecular flexibility index (Phi) is 5.57. The SMILES string of the molecule is CCCCC1=NN2C(=N)/C(=C/c3cccn3-c3cccc(C(F)(F)F)c3)C(=O)N=C2S1. The van der Waals surface area contributed by atoms with Crippen LogP contribution in [0.15, 0.2) is 58.3 Å². The number of aliphatic imine (C=N–C) groups is 1. The number of benzene rings is 1. The zero-order valence-corrected chi connectivity index (χ0v) is 17.3. The number of aromatic nitrogens is 1. The van der Waals surface area contributed by atoms with E-state index in [1.807, 2.05) is 0 Å². The van der Waals surface area contributed by atoms with E-state index < -0.39 is 17.6 Å². The van der Waals surface area contributed by atoms with Crippen LogP contribution in [0.25, 0.3) is 11.8 Å². The molecule has 1 N–H and O–H groups in total. The van der Waals surface area contributed by atoms with Crippen molar-refractivity contribution in [1.82, 2.24) is 9.58 Å². The van der Waals surface area contributed by atoms with Crippen LogP contribution in [0.1, 0.15) is 37.4 Å². The summed E-state index contributed by atoms with van der Waals surface area (Å²) in [4.78, 5) is 16.6. The number of hydrazone groups is 1. The molecule has 0 radical (unpaired) electrons. The van der Waals surface area contributed by atoms with Crippen molar-refractivity contribution in [2.24, 2.45) is 10.1 Å². The van der Waals surface area contributed by atoms with Gasteiger partial charge in [0.05, 0.1) is 11.1 Å². The maximum atomic E-state index is 13.1. The van der Waals surface area contributed by atoms with Crippen LogP contribution in [0.5, 0.6) is 0 Å². The van der Waals surface area contributed by atoms with Gasteiger partial charge < -0.3 is 4.57 Å². The molecule has 6 nitrogen and oxygen atoms in total. The van der Waals surface area contributed by atoms with E-state index in [-0.39, 0.29) is 11.4 Å². The Morgan fingerprint density at radius 3 is 2.77 bits per heavy atom. The topological polar surface area (TPSA) is 73.8 Å². The van der Waals surface area contributed by atoms with Crippen LogP contribution >= 0.6 is 11.8 Å². The van der Waals surface area contributed by atoms with Crippen molar-refractivity contribution in [3.05, 3.63) is 59.4 Å². The molecular weight excluding hydrogens is 427 g/mol. The van der Waals surface area contributed by atoms with Crippen molar-refractivity contribution in [2.75, 3.05) is 0 Å². The van der Waals surface area contributed by atoms with Crippen LogP contribution < -0.4 is 0 Å². The van der Waals surface area contributed by atoms with Crippen molar-refractivity contribution < 1.29 is 18.0 Å². The summed E-state index contributed by atoms with van der Waals surface area (Å²) in [5.41, 5.74) is 0.00296. The average molecular weight is 445 g/mol. The first-order valence-corrected chi connectivity index (χ1v) is 10.4. The molecule has 10 heteroatoms. The first-order chi connectivity index (χ1) is 14.8. The van der Waals surface area contributed by atoms with Gasteiger partial charge in [-0.25, -0.2) is 0 Å². The van der Waals surface area contributed by atoms with Crippen LogP contribution in [0.2, 0.25) is 0 Å². The molecule has 0 fully saturated rings. The molecule has 1 aromatic heterocycles. The fraction of sp³-hybridized carbons (Fsp3) is 0.238. The van der Waals surface area contributed by atoms with E-state index in [0.717, 1.165) is 36.4 Å². The van der Waals surface area contributed by atoms with Gasteiger partial charge in [0.1, 0.15) is 5.04 Å². The quantitative estimate of drug-likeness (QED) is 0.635. The molecule has 160 valence electrons. The van der Waals surface area contributed by atoms with E-state index in [9.17, 15) is 18.0 Å². The van der Waals surface area contributed by atoms with Crippen LogP contribution in [-0.4, -0.2) is 31.5 Å². The number of carbonyl (C=O) groups excluding carboxylic acids is 1. The number of alkyl halides is 3. The highest BCUT2D eigenvalue weighted by atomic mass is 32.2. The van der Waals surface area contributed by atoms with Crippen molar-refractivity contribution in [1.29, 1.82) is 5.41 Å². The van der Waals surface area contributed by atoms with Gasteiger partial charge in [-0.1, -0.05) is 19.4 Å². The average Bonchev–Trinajstić information content (AvgIpc) is 3.36. The van der Waals surface area contributed by atoms with Gasteiger partial charge in [-0.05, 0) is 61.0 Å². The smallest absolute Gasteiger partial charge is 0.317 e. The Bertz CT molecular complexity index is 1150. The summed E-state index contributed by atoms with van der Waals surface area (Å²) < 4.78 is 40.8. The molecule has 31 heavy (non-hydrogen) atoms. The van der Waals surface area contributed by atoms with Gasteiger partial charge in [-0.15, -0.1) is 0 Å². The summed E-state index contributed by atoms with van der Waals surface area (Å²) in [5.74, 6) is -0.682. The van der Waals surface area contributed by atoms with E-state index in [4.69, 9.17) is 5.41 Å². The highest BCUT2D eigenvalue weighted by molar-refractivity contribution is 8.26. The summed E-state index contributed by atoms with van der Waals surface area (Å²) in [6.07, 6.45) is 1.28. The molecule has 1 amide bonds. The molecule has 0 aliphatic carbocycles. The number of unbranched alkanes of at least 4 members (excludes halogenated alkanes) is 1. The number of hydrogen-bond acceptors (Lipinski definition) is 4. The Morgan fingerprint density at radius 1 is 1.23 bits per heavy atom. The molecule has 0 unspecified atom stereocenters. The zero-order valence-electron chi connectivity index (χ0n) is 16.5. The molecule has 0 atom stereocenters. The Morgan fingerprint density at radius 2 is 2.03 bits per heavy atom. The maximum Gasteiger partial charge on any atom is 0.416 e. The van der Waals surface area contributed by atoms with Gasteiger partial charge in [0, 0.05) is 17.6 Å². The van der Waals surface area contributed by atoms with Gasteiger partial charge in [-0.2, -0.15) is 28.3 Å². The van der Waals surface area contributed by atoms with E-state index >= 15 is 0 Å². The van der Waals surface area contributed by atoms with E-state index in [2.05, 4.69) is 17.0 Å². The van der Waals surface area contributed by atoms with Gasteiger partial charge >= 0.3 is 6.18 Å². The minimum absolute atomic E-state index is 0.0248. The second-order valence-electron chi connectivity index (χ2n) is 6.97. The summed E-state index contributed by atoms with van der Waals surface area (Å²) in [7, 11) is 0. The lowest BCUT2D eigenvalue weighted by Crippen LogP contribution is -2.35. The Labute approximate surface area is 180 Å². The highest BCUT2D eigenvalue weighted by Gasteiger charge is 2.35. The fourth-order valence-electron chi connectivity index (χ4n) is 3.19. The van der Waals surface area contributed by atoms with Crippen molar-refractivity contribution >= 4 is 39.8 Å². The second kappa shape index (κ2) is 8.18. The number of fused-ring (bicyclic) bond motifs is 1. The number of hydrogen-bond donors (Lipinski definition) is 1. The van der Waals surface area contributed by atoms with Gasteiger partial charge in [0.15, 0.2) is 5.84 Å².